The molecule has 2 amide bonds. The Kier molecular flexibility index (Phi) is 3.13. The fourth-order valence-corrected chi connectivity index (χ4v) is 4.61. The zero-order valence-corrected chi connectivity index (χ0v) is 13.8. The van der Waals surface area contributed by atoms with Gasteiger partial charge in [-0.2, -0.15) is 0 Å². The smallest absolute Gasteiger partial charge is 0.254 e. The molecule has 1 aliphatic heterocycles. The number of rotatable bonds is 2. The van der Waals surface area contributed by atoms with Crippen LogP contribution in [0.5, 0.6) is 0 Å². The van der Waals surface area contributed by atoms with Crippen molar-refractivity contribution >= 4 is 11.8 Å². The Morgan fingerprint density at radius 2 is 1.95 bits per heavy atom. The predicted octanol–water partition coefficient (Wildman–Crippen LogP) is 2.28. The summed E-state index contributed by atoms with van der Waals surface area (Å²) in [4.78, 5) is 26.6. The van der Waals surface area contributed by atoms with Gasteiger partial charge in [-0.3, -0.25) is 9.59 Å². The SMILES string of the molecule is Cc1ccc(C(=O)N2C[C@@H]3C(C)(C)C[C@]3(C(N)=O)C2)c(C)c1. The molecule has 0 aromatic heterocycles. The van der Waals surface area contributed by atoms with E-state index in [0.29, 0.717) is 13.1 Å². The van der Waals surface area contributed by atoms with Gasteiger partial charge in [0.05, 0.1) is 5.41 Å². The average Bonchev–Trinajstić information content (AvgIpc) is 2.74. The Bertz CT molecular complexity index is 665. The number of benzene rings is 1. The van der Waals surface area contributed by atoms with Crippen molar-refractivity contribution in [3.8, 4) is 0 Å². The third-order valence-electron chi connectivity index (χ3n) is 5.65. The lowest BCUT2D eigenvalue weighted by Gasteiger charge is -2.54. The number of hydrogen-bond acceptors (Lipinski definition) is 2. The van der Waals surface area contributed by atoms with Crippen molar-refractivity contribution in [2.45, 2.75) is 34.1 Å². The number of likely N-dealkylation sites (tertiary alicyclic amines) is 1. The fourth-order valence-electron chi connectivity index (χ4n) is 4.61. The molecule has 0 bridgehead atoms. The van der Waals surface area contributed by atoms with Crippen LogP contribution in [0.1, 0.15) is 41.8 Å². The lowest BCUT2D eigenvalue weighted by atomic mass is 9.48. The largest absolute Gasteiger partial charge is 0.369 e. The molecule has 2 N–H and O–H groups in total. The Morgan fingerprint density at radius 1 is 1.27 bits per heavy atom. The Morgan fingerprint density at radius 3 is 2.45 bits per heavy atom. The van der Waals surface area contributed by atoms with E-state index in [0.717, 1.165) is 23.1 Å². The first-order chi connectivity index (χ1) is 10.2. The summed E-state index contributed by atoms with van der Waals surface area (Å²) in [5.41, 5.74) is 8.08. The molecule has 4 nitrogen and oxygen atoms in total. The molecule has 2 aliphatic rings. The molecule has 1 saturated carbocycles. The third kappa shape index (κ3) is 1.97. The second kappa shape index (κ2) is 4.58. The summed E-state index contributed by atoms with van der Waals surface area (Å²) in [5.74, 6) is -0.0664. The molecule has 2 atom stereocenters. The van der Waals surface area contributed by atoms with E-state index in [-0.39, 0.29) is 23.1 Å². The second-order valence-electron chi connectivity index (χ2n) is 7.74. The molecule has 1 saturated heterocycles. The summed E-state index contributed by atoms with van der Waals surface area (Å²) in [7, 11) is 0. The monoisotopic (exact) mass is 300 g/mol. The van der Waals surface area contributed by atoms with E-state index >= 15 is 0 Å². The molecule has 4 heteroatoms. The number of nitrogens with two attached hydrogens (primary N) is 1. The van der Waals surface area contributed by atoms with E-state index in [9.17, 15) is 9.59 Å². The van der Waals surface area contributed by atoms with Gasteiger partial charge in [0, 0.05) is 18.7 Å². The number of carbonyl (C=O) groups is 2. The highest BCUT2D eigenvalue weighted by molar-refractivity contribution is 5.97. The summed E-state index contributed by atoms with van der Waals surface area (Å²) in [6.45, 7) is 9.37. The Labute approximate surface area is 131 Å². The minimum Gasteiger partial charge on any atom is -0.369 e. The Hall–Kier alpha value is -1.84. The molecule has 1 heterocycles. The first-order valence-corrected chi connectivity index (χ1v) is 7.84. The number of amides is 2. The number of primary amides is 1. The molecule has 1 aromatic rings. The third-order valence-corrected chi connectivity index (χ3v) is 5.65. The van der Waals surface area contributed by atoms with Gasteiger partial charge in [-0.15, -0.1) is 0 Å². The molecular formula is C18H24N2O2. The first-order valence-electron chi connectivity index (χ1n) is 7.84. The topological polar surface area (TPSA) is 63.4 Å². The molecule has 22 heavy (non-hydrogen) atoms. The van der Waals surface area contributed by atoms with Crippen LogP contribution in [0.15, 0.2) is 18.2 Å². The van der Waals surface area contributed by atoms with Crippen LogP contribution in [0.2, 0.25) is 0 Å². The highest BCUT2D eigenvalue weighted by Crippen LogP contribution is 2.62. The van der Waals surface area contributed by atoms with Crippen molar-refractivity contribution in [1.82, 2.24) is 4.90 Å². The summed E-state index contributed by atoms with van der Waals surface area (Å²) >= 11 is 0. The second-order valence-corrected chi connectivity index (χ2v) is 7.74. The Balaban J connectivity index is 1.88. The van der Waals surface area contributed by atoms with Gasteiger partial charge < -0.3 is 10.6 Å². The number of nitrogens with zero attached hydrogens (tertiary/aromatic N) is 1. The van der Waals surface area contributed by atoms with Crippen LogP contribution in [0, 0.1) is 30.6 Å². The maximum Gasteiger partial charge on any atom is 0.254 e. The van der Waals surface area contributed by atoms with Gasteiger partial charge in [-0.1, -0.05) is 31.5 Å². The summed E-state index contributed by atoms with van der Waals surface area (Å²) in [6, 6.07) is 5.86. The minimum atomic E-state index is -0.516. The van der Waals surface area contributed by atoms with Crippen molar-refractivity contribution in [1.29, 1.82) is 0 Å². The van der Waals surface area contributed by atoms with Crippen LogP contribution < -0.4 is 5.73 Å². The van der Waals surface area contributed by atoms with Gasteiger partial charge in [0.15, 0.2) is 0 Å². The zero-order chi connectivity index (χ0) is 16.3. The van der Waals surface area contributed by atoms with Gasteiger partial charge in [0.25, 0.3) is 5.91 Å². The van der Waals surface area contributed by atoms with Gasteiger partial charge in [-0.25, -0.2) is 0 Å². The lowest BCUT2D eigenvalue weighted by molar-refractivity contribution is -0.148. The van der Waals surface area contributed by atoms with Crippen LogP contribution >= 0.6 is 0 Å². The minimum absolute atomic E-state index is 0.0170. The average molecular weight is 300 g/mol. The number of aryl methyl sites for hydroxylation is 2. The molecule has 0 spiro atoms. The molecule has 2 fully saturated rings. The van der Waals surface area contributed by atoms with E-state index in [1.54, 1.807) is 0 Å². The van der Waals surface area contributed by atoms with Gasteiger partial charge in [0.2, 0.25) is 5.91 Å². The van der Waals surface area contributed by atoms with E-state index in [4.69, 9.17) is 5.73 Å². The zero-order valence-electron chi connectivity index (χ0n) is 13.8. The van der Waals surface area contributed by atoms with Crippen LogP contribution in [-0.2, 0) is 4.79 Å². The van der Waals surface area contributed by atoms with Crippen molar-refractivity contribution in [2.24, 2.45) is 22.5 Å². The van der Waals surface area contributed by atoms with Crippen LogP contribution in [-0.4, -0.2) is 29.8 Å². The summed E-state index contributed by atoms with van der Waals surface area (Å²) in [5, 5.41) is 0. The fraction of sp³-hybridized carbons (Fsp3) is 0.556. The standard InChI is InChI=1S/C18H24N2O2/c1-11-5-6-13(12(2)7-11)15(21)20-8-14-17(3,4)9-18(14,10-20)16(19)22/h5-7,14H,8-10H2,1-4H3,(H2,19,22)/t14-,18+/m1/s1. The highest BCUT2D eigenvalue weighted by Gasteiger charge is 2.66. The van der Waals surface area contributed by atoms with E-state index in [1.807, 2.05) is 36.9 Å². The van der Waals surface area contributed by atoms with Crippen molar-refractivity contribution in [3.63, 3.8) is 0 Å². The molecule has 1 aliphatic carbocycles. The molecule has 0 unspecified atom stereocenters. The lowest BCUT2D eigenvalue weighted by Crippen LogP contribution is -2.59. The summed E-state index contributed by atoms with van der Waals surface area (Å²) < 4.78 is 0. The van der Waals surface area contributed by atoms with Crippen molar-refractivity contribution < 1.29 is 9.59 Å². The van der Waals surface area contributed by atoms with E-state index in [1.165, 1.54) is 0 Å². The molecule has 118 valence electrons. The quantitative estimate of drug-likeness (QED) is 0.910. The van der Waals surface area contributed by atoms with Gasteiger partial charge >= 0.3 is 0 Å². The van der Waals surface area contributed by atoms with Gasteiger partial charge in [0.1, 0.15) is 0 Å². The maximum absolute atomic E-state index is 12.8. The molecular weight excluding hydrogens is 276 g/mol. The molecule has 1 aromatic carbocycles. The van der Waals surface area contributed by atoms with Crippen LogP contribution in [0.25, 0.3) is 0 Å². The predicted molar refractivity (Wildman–Crippen MR) is 85.3 cm³/mol. The molecule has 0 radical (unpaired) electrons. The van der Waals surface area contributed by atoms with Crippen molar-refractivity contribution in [3.05, 3.63) is 34.9 Å². The van der Waals surface area contributed by atoms with Crippen LogP contribution in [0.3, 0.4) is 0 Å². The van der Waals surface area contributed by atoms with Gasteiger partial charge in [-0.05, 0) is 43.2 Å². The van der Waals surface area contributed by atoms with E-state index in [2.05, 4.69) is 13.8 Å². The summed E-state index contributed by atoms with van der Waals surface area (Å²) in [6.07, 6.45) is 0.774. The maximum atomic E-state index is 12.8. The van der Waals surface area contributed by atoms with E-state index < -0.39 is 5.41 Å². The van der Waals surface area contributed by atoms with Crippen molar-refractivity contribution in [2.75, 3.05) is 13.1 Å². The number of fused-ring (bicyclic) bond motifs is 1. The molecule has 3 rings (SSSR count). The number of hydrogen-bond donors (Lipinski definition) is 1. The first kappa shape index (κ1) is 15.1. The normalized spacial score (nSPS) is 28.9. The highest BCUT2D eigenvalue weighted by atomic mass is 16.2. The number of carbonyl (C=O) groups excluding carboxylic acids is 2. The van der Waals surface area contributed by atoms with Crippen LogP contribution in [0.4, 0.5) is 0 Å².